The number of aromatic nitrogens is 2. The third kappa shape index (κ3) is 3.47. The van der Waals surface area contributed by atoms with Crippen LogP contribution >= 0.6 is 27.5 Å². The maximum atomic E-state index is 13.9. The standard InChI is InChI=1S/C12H5BrClF5N2O2/c13-5-1-4(14)2-6(7(5)15)23-8-9(12(18,19)11(16)17)20-3-21-10(8)22/h1-3,11H,(H,20,21,22). The molecule has 2 aromatic rings. The van der Waals surface area contributed by atoms with Crippen molar-refractivity contribution in [3.63, 3.8) is 0 Å². The van der Waals surface area contributed by atoms with Crippen LogP contribution in [0.2, 0.25) is 5.02 Å². The van der Waals surface area contributed by atoms with Crippen molar-refractivity contribution < 1.29 is 26.7 Å². The molecule has 0 unspecified atom stereocenters. The van der Waals surface area contributed by atoms with Crippen molar-refractivity contribution in [1.29, 1.82) is 0 Å². The van der Waals surface area contributed by atoms with Gasteiger partial charge in [-0.15, -0.1) is 0 Å². The number of aromatic amines is 1. The average Bonchev–Trinajstić information content (AvgIpc) is 2.45. The van der Waals surface area contributed by atoms with E-state index < -0.39 is 40.9 Å². The fourth-order valence-electron chi connectivity index (χ4n) is 1.54. The third-order valence-electron chi connectivity index (χ3n) is 2.57. The van der Waals surface area contributed by atoms with Crippen molar-refractivity contribution >= 4 is 27.5 Å². The van der Waals surface area contributed by atoms with Crippen LogP contribution in [0.4, 0.5) is 22.0 Å². The van der Waals surface area contributed by atoms with Crippen LogP contribution in [-0.2, 0) is 5.92 Å². The van der Waals surface area contributed by atoms with Crippen LogP contribution < -0.4 is 10.3 Å². The summed E-state index contributed by atoms with van der Waals surface area (Å²) in [6.07, 6.45) is -3.64. The van der Waals surface area contributed by atoms with E-state index in [0.29, 0.717) is 6.33 Å². The van der Waals surface area contributed by atoms with Crippen LogP contribution in [0.3, 0.4) is 0 Å². The van der Waals surface area contributed by atoms with Crippen molar-refractivity contribution in [2.45, 2.75) is 12.3 Å². The Morgan fingerprint density at radius 3 is 2.61 bits per heavy atom. The van der Waals surface area contributed by atoms with E-state index in [1.807, 2.05) is 4.98 Å². The Kier molecular flexibility index (Phi) is 4.95. The van der Waals surface area contributed by atoms with Crippen molar-refractivity contribution in [2.75, 3.05) is 0 Å². The molecule has 124 valence electrons. The highest BCUT2D eigenvalue weighted by Crippen LogP contribution is 2.39. The van der Waals surface area contributed by atoms with Crippen LogP contribution in [0.15, 0.2) is 27.7 Å². The lowest BCUT2D eigenvalue weighted by Gasteiger charge is -2.17. The monoisotopic (exact) mass is 418 g/mol. The molecular formula is C12H5BrClF5N2O2. The smallest absolute Gasteiger partial charge is 0.352 e. The van der Waals surface area contributed by atoms with Gasteiger partial charge in [0.05, 0.1) is 10.8 Å². The highest BCUT2D eigenvalue weighted by molar-refractivity contribution is 9.10. The second kappa shape index (κ2) is 6.44. The van der Waals surface area contributed by atoms with Crippen molar-refractivity contribution in [1.82, 2.24) is 9.97 Å². The highest BCUT2D eigenvalue weighted by atomic mass is 79.9. The van der Waals surface area contributed by atoms with E-state index in [1.165, 1.54) is 0 Å². The van der Waals surface area contributed by atoms with E-state index in [1.54, 1.807) is 0 Å². The van der Waals surface area contributed by atoms with Crippen LogP contribution in [0.5, 0.6) is 11.5 Å². The highest BCUT2D eigenvalue weighted by Gasteiger charge is 2.47. The number of nitrogens with one attached hydrogen (secondary N) is 1. The quantitative estimate of drug-likeness (QED) is 0.587. The van der Waals surface area contributed by atoms with E-state index in [4.69, 9.17) is 16.3 Å². The molecule has 0 amide bonds. The summed E-state index contributed by atoms with van der Waals surface area (Å²) >= 11 is 8.46. The molecule has 0 aliphatic carbocycles. The predicted octanol–water partition coefficient (Wildman–Crippen LogP) is 4.47. The molecule has 2 rings (SSSR count). The number of alkyl halides is 4. The van der Waals surface area contributed by atoms with Crippen molar-refractivity contribution in [3.8, 4) is 11.5 Å². The first kappa shape index (κ1) is 17.7. The van der Waals surface area contributed by atoms with E-state index in [9.17, 15) is 26.7 Å². The first-order chi connectivity index (χ1) is 10.6. The molecule has 1 aromatic carbocycles. The average molecular weight is 420 g/mol. The largest absolute Gasteiger partial charge is 0.446 e. The van der Waals surface area contributed by atoms with E-state index in [-0.39, 0.29) is 9.50 Å². The van der Waals surface area contributed by atoms with Gasteiger partial charge >= 0.3 is 12.3 Å². The summed E-state index contributed by atoms with van der Waals surface area (Å²) in [6, 6.07) is 2.03. The molecule has 0 radical (unpaired) electrons. The first-order valence-electron chi connectivity index (χ1n) is 5.71. The Hall–Kier alpha value is -1.68. The summed E-state index contributed by atoms with van der Waals surface area (Å²) in [5.74, 6) is -7.81. The van der Waals surface area contributed by atoms with E-state index in [2.05, 4.69) is 20.9 Å². The second-order valence-corrected chi connectivity index (χ2v) is 5.43. The molecular weight excluding hydrogens is 414 g/mol. The van der Waals surface area contributed by atoms with Gasteiger partial charge in [0.25, 0.3) is 5.56 Å². The minimum absolute atomic E-state index is 0.0456. The molecule has 0 saturated carbocycles. The molecule has 0 aliphatic heterocycles. The lowest BCUT2D eigenvalue weighted by molar-refractivity contribution is -0.139. The van der Waals surface area contributed by atoms with Gasteiger partial charge in [-0.05, 0) is 22.0 Å². The fourth-order valence-corrected chi connectivity index (χ4v) is 2.32. The van der Waals surface area contributed by atoms with Gasteiger partial charge in [-0.2, -0.15) is 8.78 Å². The topological polar surface area (TPSA) is 55.0 Å². The molecule has 0 spiro atoms. The summed E-state index contributed by atoms with van der Waals surface area (Å²) in [7, 11) is 0. The molecule has 11 heteroatoms. The van der Waals surface area contributed by atoms with Crippen molar-refractivity contribution in [2.24, 2.45) is 0 Å². The molecule has 1 heterocycles. The molecule has 1 N–H and O–H groups in total. The second-order valence-electron chi connectivity index (χ2n) is 4.13. The zero-order chi connectivity index (χ0) is 17.4. The first-order valence-corrected chi connectivity index (χ1v) is 6.88. The van der Waals surface area contributed by atoms with Crippen LogP contribution in [0.1, 0.15) is 5.69 Å². The molecule has 23 heavy (non-hydrogen) atoms. The van der Waals surface area contributed by atoms with Gasteiger partial charge in [-0.1, -0.05) is 11.6 Å². The molecule has 0 saturated heterocycles. The predicted molar refractivity (Wildman–Crippen MR) is 73.9 cm³/mol. The molecule has 4 nitrogen and oxygen atoms in total. The summed E-state index contributed by atoms with van der Waals surface area (Å²) < 4.78 is 70.5. The van der Waals surface area contributed by atoms with E-state index in [0.717, 1.165) is 12.1 Å². The summed E-state index contributed by atoms with van der Waals surface area (Å²) in [5, 5.41) is -0.0456. The molecule has 0 aliphatic rings. The van der Waals surface area contributed by atoms with Crippen molar-refractivity contribution in [3.05, 3.63) is 49.8 Å². The third-order valence-corrected chi connectivity index (χ3v) is 3.37. The zero-order valence-corrected chi connectivity index (χ0v) is 13.1. The number of benzene rings is 1. The Labute approximate surface area is 138 Å². The molecule has 0 atom stereocenters. The summed E-state index contributed by atoms with van der Waals surface area (Å²) in [5.41, 5.74) is -2.91. The number of halogens is 7. The van der Waals surface area contributed by atoms with Gasteiger partial charge in [0.2, 0.25) is 5.75 Å². The summed E-state index contributed by atoms with van der Waals surface area (Å²) in [6.45, 7) is 0. The van der Waals surface area contributed by atoms with Crippen LogP contribution in [0.25, 0.3) is 0 Å². The Bertz CT molecular complexity index is 800. The van der Waals surface area contributed by atoms with Gasteiger partial charge < -0.3 is 9.72 Å². The van der Waals surface area contributed by atoms with Crippen LogP contribution in [-0.4, -0.2) is 16.4 Å². The SMILES string of the molecule is O=c1[nH]cnc(C(F)(F)C(F)F)c1Oc1cc(Cl)cc(Br)c1F. The minimum Gasteiger partial charge on any atom is -0.446 e. The fraction of sp³-hybridized carbons (Fsp3) is 0.167. The Morgan fingerprint density at radius 1 is 1.35 bits per heavy atom. The van der Waals surface area contributed by atoms with E-state index >= 15 is 0 Å². The number of hydrogen-bond donors (Lipinski definition) is 1. The number of ether oxygens (including phenoxy) is 1. The zero-order valence-electron chi connectivity index (χ0n) is 10.7. The lowest BCUT2D eigenvalue weighted by Crippen LogP contribution is -2.28. The normalized spacial score (nSPS) is 11.8. The number of nitrogens with zero attached hydrogens (tertiary/aromatic N) is 1. The van der Waals surface area contributed by atoms with Gasteiger partial charge in [0.1, 0.15) is 0 Å². The Morgan fingerprint density at radius 2 is 2.00 bits per heavy atom. The van der Waals surface area contributed by atoms with Gasteiger partial charge in [0, 0.05) is 11.1 Å². The lowest BCUT2D eigenvalue weighted by atomic mass is 10.2. The molecule has 0 fully saturated rings. The number of rotatable bonds is 4. The molecule has 1 aromatic heterocycles. The molecule has 0 bridgehead atoms. The Balaban J connectivity index is 2.60. The number of hydrogen-bond acceptors (Lipinski definition) is 3. The minimum atomic E-state index is -4.77. The maximum Gasteiger partial charge on any atom is 0.352 e. The summed E-state index contributed by atoms with van der Waals surface area (Å²) in [4.78, 5) is 16.5. The maximum absolute atomic E-state index is 13.9. The number of H-pyrrole nitrogens is 1. The van der Waals surface area contributed by atoms with Gasteiger partial charge in [-0.3, -0.25) is 4.79 Å². The van der Waals surface area contributed by atoms with Gasteiger partial charge in [0.15, 0.2) is 17.3 Å². The van der Waals surface area contributed by atoms with Gasteiger partial charge in [-0.25, -0.2) is 18.2 Å². The van der Waals surface area contributed by atoms with Crippen LogP contribution in [0, 0.1) is 5.82 Å².